The van der Waals surface area contributed by atoms with Crippen molar-refractivity contribution in [1.29, 1.82) is 5.26 Å². The molecule has 5 amide bonds. The van der Waals surface area contributed by atoms with Crippen LogP contribution in [0.25, 0.3) is 22.5 Å². The Morgan fingerprint density at radius 3 is 2.24 bits per heavy atom. The Hall–Kier alpha value is -7.14. The van der Waals surface area contributed by atoms with Crippen LogP contribution in [0.4, 0.5) is 0 Å². The number of nitrogens with two attached hydrogens (primary N) is 3. The van der Waals surface area contributed by atoms with E-state index in [1.54, 1.807) is 43.3 Å². The molecule has 19 heteroatoms. The zero-order chi connectivity index (χ0) is 48.6. The van der Waals surface area contributed by atoms with Crippen LogP contribution in [-0.2, 0) is 25.6 Å². The van der Waals surface area contributed by atoms with Crippen LogP contribution in [0.2, 0.25) is 0 Å². The van der Waals surface area contributed by atoms with E-state index in [2.05, 4.69) is 38.2 Å². The van der Waals surface area contributed by atoms with Crippen molar-refractivity contribution >= 4 is 29.5 Å². The molecule has 2 heterocycles. The van der Waals surface area contributed by atoms with Crippen molar-refractivity contribution < 1.29 is 38.2 Å². The van der Waals surface area contributed by atoms with E-state index in [0.29, 0.717) is 51.9 Å². The first kappa shape index (κ1) is 50.9. The Kier molecular flexibility index (Phi) is 18.5. The second kappa shape index (κ2) is 24.4. The molecule has 0 saturated carbocycles. The highest BCUT2D eigenvalue weighted by Gasteiger charge is 2.36. The van der Waals surface area contributed by atoms with Crippen LogP contribution < -0.4 is 52.7 Å². The first-order valence-corrected chi connectivity index (χ1v) is 22.3. The van der Waals surface area contributed by atoms with Crippen LogP contribution in [0.15, 0.2) is 60.8 Å². The van der Waals surface area contributed by atoms with Gasteiger partial charge in [0.15, 0.2) is 5.82 Å². The summed E-state index contributed by atoms with van der Waals surface area (Å²) in [7, 11) is 1.41. The van der Waals surface area contributed by atoms with Gasteiger partial charge in [-0.1, -0.05) is 25.5 Å². The van der Waals surface area contributed by atoms with Crippen LogP contribution >= 0.6 is 0 Å². The summed E-state index contributed by atoms with van der Waals surface area (Å²) in [5.74, 6) is -1.48. The van der Waals surface area contributed by atoms with Crippen LogP contribution in [0.5, 0.6) is 17.2 Å². The highest BCUT2D eigenvalue weighted by molar-refractivity contribution is 6.00. The van der Waals surface area contributed by atoms with Gasteiger partial charge in [-0.3, -0.25) is 24.0 Å². The normalized spacial score (nSPS) is 16.3. The lowest BCUT2D eigenvalue weighted by Gasteiger charge is -2.32. The third-order valence-corrected chi connectivity index (χ3v) is 11.0. The summed E-state index contributed by atoms with van der Waals surface area (Å²) < 4.78 is 18.0. The lowest BCUT2D eigenvalue weighted by Crippen LogP contribution is -2.56. The van der Waals surface area contributed by atoms with Gasteiger partial charge in [-0.05, 0) is 99.3 Å². The molecule has 0 radical (unpaired) electrons. The third kappa shape index (κ3) is 13.0. The van der Waals surface area contributed by atoms with Crippen LogP contribution in [0.1, 0.15) is 71.9 Å². The summed E-state index contributed by atoms with van der Waals surface area (Å²) in [6, 6.07) is 12.6. The molecule has 0 spiro atoms. The number of nitriles is 1. The fraction of sp³-hybridized carbons (Fsp3) is 0.417. The fourth-order valence-electron chi connectivity index (χ4n) is 7.50. The zero-order valence-electron chi connectivity index (χ0n) is 38.6. The molecule has 1 aliphatic heterocycles. The quantitative estimate of drug-likeness (QED) is 0.0524. The molecule has 0 fully saturated rings. The van der Waals surface area contributed by atoms with Crippen molar-refractivity contribution in [2.24, 2.45) is 17.2 Å². The maximum Gasteiger partial charge on any atom is 0.255 e. The Bertz CT molecular complexity index is 2460. The number of hydrogen-bond donors (Lipinski definition) is 7. The highest BCUT2D eigenvalue weighted by atomic mass is 16.5. The topological polar surface area (TPSA) is 292 Å². The number of nitrogens with one attached hydrogen (secondary N) is 4. The molecule has 356 valence electrons. The van der Waals surface area contributed by atoms with Gasteiger partial charge in [0.1, 0.15) is 61.2 Å². The van der Waals surface area contributed by atoms with Crippen LogP contribution in [0, 0.1) is 25.2 Å². The maximum atomic E-state index is 14.7. The highest BCUT2D eigenvalue weighted by Crippen LogP contribution is 2.40. The fourth-order valence-corrected chi connectivity index (χ4v) is 7.50. The average molecular weight is 920 g/mol. The zero-order valence-corrected chi connectivity index (χ0v) is 38.6. The number of likely N-dealkylation sites (N-methyl/N-ethyl adjacent to an activating group) is 1. The van der Waals surface area contributed by atoms with E-state index in [0.717, 1.165) is 29.7 Å². The SMILES string of the molecule is CCCCOc1ccc(-c2ncc(C(=O)N[C@@H](CCN)C(=O)N(C)[C@@H]3C(=O)N[C@@H](C)C(=O)N[C@H](C(=O)NCC#N)Cc4ccc(OCCN)c(c4)-c4cc3ccc4OCCN)c(C)n2)c(C)c1. The van der Waals surface area contributed by atoms with E-state index in [1.807, 2.05) is 31.2 Å². The van der Waals surface area contributed by atoms with Crippen molar-refractivity contribution in [3.8, 4) is 45.8 Å². The summed E-state index contributed by atoms with van der Waals surface area (Å²) in [6.45, 7) is 8.08. The van der Waals surface area contributed by atoms with Crippen molar-refractivity contribution in [3.05, 3.63) is 88.7 Å². The number of benzene rings is 3. The molecule has 1 aromatic heterocycles. The molecule has 0 saturated heterocycles. The molecule has 3 aromatic carbocycles. The van der Waals surface area contributed by atoms with E-state index in [9.17, 15) is 24.0 Å². The molecule has 0 unspecified atom stereocenters. The van der Waals surface area contributed by atoms with E-state index in [-0.39, 0.29) is 57.8 Å². The second-order valence-electron chi connectivity index (χ2n) is 16.1. The van der Waals surface area contributed by atoms with Gasteiger partial charge in [0, 0.05) is 49.4 Å². The first-order chi connectivity index (χ1) is 32.2. The van der Waals surface area contributed by atoms with Gasteiger partial charge in [0.05, 0.1) is 23.9 Å². The smallest absolute Gasteiger partial charge is 0.255 e. The third-order valence-electron chi connectivity index (χ3n) is 11.0. The number of ether oxygens (including phenoxy) is 3. The number of nitrogens with zero attached hydrogens (tertiary/aromatic N) is 4. The lowest BCUT2D eigenvalue weighted by molar-refractivity contribution is -0.141. The summed E-state index contributed by atoms with van der Waals surface area (Å²) in [5.41, 5.74) is 21.7. The molecule has 67 heavy (non-hydrogen) atoms. The number of hydrogen-bond acceptors (Lipinski definition) is 14. The number of aromatic nitrogens is 2. The molecule has 10 N–H and O–H groups in total. The first-order valence-electron chi connectivity index (χ1n) is 22.3. The molecule has 4 aromatic rings. The molecule has 19 nitrogen and oxygen atoms in total. The molecule has 1 aliphatic rings. The standard InChI is InChI=1S/C48H61N11O8/c1-6-7-20-65-33-10-11-34(28(2)23-33)43-54-27-37(29(3)55-43)45(61)57-38(14-15-49)48(64)59(5)42-32-9-13-41(67-22-18-52)36(26-32)35-24-31(8-12-40(35)66-21-17-51)25-39(46(62)53-19-16-50)58-44(60)30(4)56-47(42)63/h8-13,23-24,26-27,30,38-39,42H,6-7,14-15,17-22,25,49,51-52H2,1-5H3,(H,53,62)(H,56,63)(H,57,61)(H,58,60)/t30-,38-,39-,42-/m0/s1. The Morgan fingerprint density at radius 1 is 0.896 bits per heavy atom. The van der Waals surface area contributed by atoms with E-state index >= 15 is 0 Å². The molecular weight excluding hydrogens is 859 g/mol. The molecule has 5 rings (SSSR count). The Labute approximate surface area is 390 Å². The molecule has 4 atom stereocenters. The number of amides is 5. The number of rotatable bonds is 19. The molecular formula is C48H61N11O8. The number of carbonyl (C=O) groups is 5. The van der Waals surface area contributed by atoms with Gasteiger partial charge in [-0.15, -0.1) is 0 Å². The van der Waals surface area contributed by atoms with Gasteiger partial charge in [-0.25, -0.2) is 9.97 Å². The van der Waals surface area contributed by atoms with Gasteiger partial charge < -0.3 is 57.6 Å². The Morgan fingerprint density at radius 2 is 1.60 bits per heavy atom. The minimum Gasteiger partial charge on any atom is -0.494 e. The number of fused-ring (bicyclic) bond motifs is 5. The lowest BCUT2D eigenvalue weighted by atomic mass is 9.93. The summed E-state index contributed by atoms with van der Waals surface area (Å²) in [4.78, 5) is 80.6. The summed E-state index contributed by atoms with van der Waals surface area (Å²) in [5, 5.41) is 19.9. The number of unbranched alkanes of at least 4 members (excludes halogenated alkanes) is 1. The Balaban J connectivity index is 1.53. The predicted molar refractivity (Wildman–Crippen MR) is 251 cm³/mol. The number of carbonyl (C=O) groups excluding carboxylic acids is 5. The van der Waals surface area contributed by atoms with E-state index in [1.165, 1.54) is 25.1 Å². The maximum absolute atomic E-state index is 14.7. The van der Waals surface area contributed by atoms with Gasteiger partial charge in [0.25, 0.3) is 5.91 Å². The van der Waals surface area contributed by atoms with Crippen molar-refractivity contribution in [3.63, 3.8) is 0 Å². The predicted octanol–water partition coefficient (Wildman–Crippen LogP) is 2.11. The minimum absolute atomic E-state index is 0.00102. The van der Waals surface area contributed by atoms with E-state index < -0.39 is 53.7 Å². The molecule has 0 aliphatic carbocycles. The minimum atomic E-state index is -1.41. The summed E-state index contributed by atoms with van der Waals surface area (Å²) >= 11 is 0. The van der Waals surface area contributed by atoms with Crippen molar-refractivity contribution in [2.45, 2.75) is 77.5 Å². The van der Waals surface area contributed by atoms with Crippen molar-refractivity contribution in [1.82, 2.24) is 36.1 Å². The van der Waals surface area contributed by atoms with Crippen LogP contribution in [0.3, 0.4) is 0 Å². The van der Waals surface area contributed by atoms with E-state index in [4.69, 9.17) is 36.7 Å². The van der Waals surface area contributed by atoms with Gasteiger partial charge in [0.2, 0.25) is 23.6 Å². The van der Waals surface area contributed by atoms with Gasteiger partial charge >= 0.3 is 0 Å². The monoisotopic (exact) mass is 919 g/mol. The summed E-state index contributed by atoms with van der Waals surface area (Å²) in [6.07, 6.45) is 3.35. The van der Waals surface area contributed by atoms with Gasteiger partial charge in [-0.2, -0.15) is 5.26 Å². The molecule has 4 bridgehead atoms. The average Bonchev–Trinajstić information content (AvgIpc) is 3.31. The largest absolute Gasteiger partial charge is 0.494 e. The second-order valence-corrected chi connectivity index (χ2v) is 16.1. The van der Waals surface area contributed by atoms with Crippen molar-refractivity contribution in [2.75, 3.05) is 53.0 Å². The number of aryl methyl sites for hydroxylation is 2. The van der Waals surface area contributed by atoms with Crippen LogP contribution in [-0.4, -0.2) is 116 Å².